The molecule has 1 unspecified atom stereocenters. The van der Waals surface area contributed by atoms with Crippen molar-refractivity contribution in [3.05, 3.63) is 27.8 Å². The predicted molar refractivity (Wildman–Crippen MR) is 84.8 cm³/mol. The molecule has 1 N–H and O–H groups in total. The molecule has 0 fully saturated rings. The highest BCUT2D eigenvalue weighted by molar-refractivity contribution is 5.97. The number of hydrogen-bond acceptors (Lipinski definition) is 6. The van der Waals surface area contributed by atoms with Crippen molar-refractivity contribution in [2.45, 2.75) is 58.3 Å². The second-order valence-electron chi connectivity index (χ2n) is 5.55. The number of methoxy groups -OCH3 is 1. The minimum atomic E-state index is -0.788. The molecule has 128 valence electrons. The summed E-state index contributed by atoms with van der Waals surface area (Å²) in [7, 11) is 1.37. The van der Waals surface area contributed by atoms with E-state index in [0.717, 1.165) is 25.7 Å². The Morgan fingerprint density at radius 3 is 2.57 bits per heavy atom. The summed E-state index contributed by atoms with van der Waals surface area (Å²) in [5.41, 5.74) is -1.06. The van der Waals surface area contributed by atoms with Gasteiger partial charge in [0, 0.05) is 24.8 Å². The molecule has 0 amide bonds. The number of ether oxygens (including phenoxy) is 1. The first-order valence-electron chi connectivity index (χ1n) is 7.87. The highest BCUT2D eigenvalue weighted by Gasteiger charge is 2.19. The average Bonchev–Trinajstić information content (AvgIpc) is 2.52. The maximum atomic E-state index is 11.9. The van der Waals surface area contributed by atoms with Gasteiger partial charge in [-0.1, -0.05) is 26.7 Å². The van der Waals surface area contributed by atoms with Crippen LogP contribution in [0.3, 0.4) is 0 Å². The molecule has 0 bridgehead atoms. The predicted octanol–water partition coefficient (Wildman–Crippen LogP) is 3.17. The maximum Gasteiger partial charge on any atom is 0.350 e. The van der Waals surface area contributed by atoms with E-state index in [1.54, 1.807) is 6.92 Å². The Balaban J connectivity index is 2.60. The molecule has 1 aromatic rings. The van der Waals surface area contributed by atoms with E-state index in [1.807, 2.05) is 6.92 Å². The monoisotopic (exact) mass is 324 g/mol. The van der Waals surface area contributed by atoms with Crippen LogP contribution in [0.4, 0.5) is 0 Å². The number of carbonyl (C=O) groups is 2. The van der Waals surface area contributed by atoms with Crippen molar-refractivity contribution in [1.82, 2.24) is 0 Å². The summed E-state index contributed by atoms with van der Waals surface area (Å²) in [6, 6.07) is 1.35. The number of aromatic hydroxyl groups is 1. The molecule has 0 aliphatic carbocycles. The SMILES string of the molecule is CCC(=O)c1c(O)cc(C(C)CCCCCC(=O)OC)oc1=O. The summed E-state index contributed by atoms with van der Waals surface area (Å²) < 4.78 is 9.75. The number of unbranched alkanes of at least 4 members (excludes halogenated alkanes) is 2. The Labute approximate surface area is 135 Å². The van der Waals surface area contributed by atoms with E-state index in [4.69, 9.17) is 4.42 Å². The number of rotatable bonds is 9. The number of ketones is 1. The normalized spacial score (nSPS) is 12.0. The molecule has 23 heavy (non-hydrogen) atoms. The van der Waals surface area contributed by atoms with Gasteiger partial charge < -0.3 is 14.3 Å². The van der Waals surface area contributed by atoms with Gasteiger partial charge in [-0.2, -0.15) is 0 Å². The molecular weight excluding hydrogens is 300 g/mol. The Kier molecular flexibility index (Phi) is 7.51. The van der Waals surface area contributed by atoms with Crippen LogP contribution in [0, 0.1) is 0 Å². The minimum absolute atomic E-state index is 0.0579. The number of hydrogen-bond donors (Lipinski definition) is 1. The zero-order valence-corrected chi connectivity index (χ0v) is 13.9. The lowest BCUT2D eigenvalue weighted by molar-refractivity contribution is -0.140. The van der Waals surface area contributed by atoms with Gasteiger partial charge in [-0.05, 0) is 12.8 Å². The third kappa shape index (κ3) is 5.54. The highest BCUT2D eigenvalue weighted by Crippen LogP contribution is 2.26. The second-order valence-corrected chi connectivity index (χ2v) is 5.55. The molecule has 6 heteroatoms. The molecule has 1 atom stereocenters. The first-order chi connectivity index (χ1) is 10.9. The van der Waals surface area contributed by atoms with E-state index in [9.17, 15) is 19.5 Å². The van der Waals surface area contributed by atoms with E-state index in [2.05, 4.69) is 4.74 Å². The van der Waals surface area contributed by atoms with Crippen molar-refractivity contribution in [3.63, 3.8) is 0 Å². The Bertz CT molecular complexity index is 602. The standard InChI is InChI=1S/C17H24O6/c1-4-12(18)16-13(19)10-14(23-17(16)21)11(2)8-6-5-7-9-15(20)22-3/h10-11,19H,4-9H2,1-3H3. The summed E-state index contributed by atoms with van der Waals surface area (Å²) in [6.45, 7) is 3.51. The van der Waals surface area contributed by atoms with Crippen LogP contribution in [0.25, 0.3) is 0 Å². The summed E-state index contributed by atoms with van der Waals surface area (Å²) in [5, 5.41) is 9.89. The molecule has 0 spiro atoms. The van der Waals surface area contributed by atoms with Crippen molar-refractivity contribution in [1.29, 1.82) is 0 Å². The molecule has 1 rings (SSSR count). The van der Waals surface area contributed by atoms with Crippen molar-refractivity contribution < 1.29 is 23.8 Å². The Morgan fingerprint density at radius 1 is 1.30 bits per heavy atom. The highest BCUT2D eigenvalue weighted by atomic mass is 16.5. The number of esters is 1. The van der Waals surface area contributed by atoms with Crippen molar-refractivity contribution in [3.8, 4) is 5.75 Å². The molecule has 1 heterocycles. The van der Waals surface area contributed by atoms with E-state index >= 15 is 0 Å². The average molecular weight is 324 g/mol. The first kappa shape index (κ1) is 18.9. The first-order valence-corrected chi connectivity index (χ1v) is 7.87. The van der Waals surface area contributed by atoms with Gasteiger partial charge >= 0.3 is 11.6 Å². The van der Waals surface area contributed by atoms with Gasteiger partial charge in [0.15, 0.2) is 5.78 Å². The van der Waals surface area contributed by atoms with Crippen LogP contribution in [0.2, 0.25) is 0 Å². The van der Waals surface area contributed by atoms with Crippen molar-refractivity contribution in [2.75, 3.05) is 7.11 Å². The van der Waals surface area contributed by atoms with E-state index in [-0.39, 0.29) is 29.6 Å². The molecule has 1 aromatic heterocycles. The Hall–Kier alpha value is -2.11. The number of carbonyl (C=O) groups excluding carboxylic acids is 2. The third-order valence-electron chi connectivity index (χ3n) is 3.78. The molecular formula is C17H24O6. The fraction of sp³-hybridized carbons (Fsp3) is 0.588. The van der Waals surface area contributed by atoms with Crippen LogP contribution in [-0.4, -0.2) is 24.0 Å². The van der Waals surface area contributed by atoms with Gasteiger partial charge in [-0.25, -0.2) is 4.79 Å². The maximum absolute atomic E-state index is 11.9. The van der Waals surface area contributed by atoms with Crippen molar-refractivity contribution >= 4 is 11.8 Å². The lowest BCUT2D eigenvalue weighted by atomic mass is 9.99. The van der Waals surface area contributed by atoms with Gasteiger partial charge in [-0.3, -0.25) is 9.59 Å². The van der Waals surface area contributed by atoms with Crippen LogP contribution >= 0.6 is 0 Å². The summed E-state index contributed by atoms with van der Waals surface area (Å²) >= 11 is 0. The zero-order valence-electron chi connectivity index (χ0n) is 13.9. The number of Topliss-reactive ketones (excluding diaryl/α,β-unsaturated/α-hetero) is 1. The van der Waals surface area contributed by atoms with Crippen molar-refractivity contribution in [2.24, 2.45) is 0 Å². The lowest BCUT2D eigenvalue weighted by Crippen LogP contribution is -2.15. The molecule has 0 aliphatic heterocycles. The molecule has 6 nitrogen and oxygen atoms in total. The quantitative estimate of drug-likeness (QED) is 0.426. The lowest BCUT2D eigenvalue weighted by Gasteiger charge is -2.11. The molecule has 0 aromatic carbocycles. The van der Waals surface area contributed by atoms with Crippen LogP contribution in [0.5, 0.6) is 5.75 Å². The van der Waals surface area contributed by atoms with Crippen LogP contribution < -0.4 is 5.63 Å². The molecule has 0 aliphatic rings. The van der Waals surface area contributed by atoms with E-state index < -0.39 is 11.4 Å². The largest absolute Gasteiger partial charge is 0.507 e. The van der Waals surface area contributed by atoms with E-state index in [0.29, 0.717) is 12.2 Å². The fourth-order valence-electron chi connectivity index (χ4n) is 2.32. The van der Waals surface area contributed by atoms with Crippen LogP contribution in [0.15, 0.2) is 15.3 Å². The van der Waals surface area contributed by atoms with Crippen LogP contribution in [-0.2, 0) is 9.53 Å². The van der Waals surface area contributed by atoms with Gasteiger partial charge in [0.1, 0.15) is 17.1 Å². The Morgan fingerprint density at radius 2 is 2.00 bits per heavy atom. The molecule has 0 saturated heterocycles. The smallest absolute Gasteiger partial charge is 0.350 e. The summed E-state index contributed by atoms with van der Waals surface area (Å²) in [6.07, 6.45) is 3.76. The molecule has 0 saturated carbocycles. The van der Waals surface area contributed by atoms with Gasteiger partial charge in [0.05, 0.1) is 7.11 Å². The third-order valence-corrected chi connectivity index (χ3v) is 3.78. The molecule has 0 radical (unpaired) electrons. The minimum Gasteiger partial charge on any atom is -0.507 e. The fourth-order valence-corrected chi connectivity index (χ4v) is 2.32. The zero-order chi connectivity index (χ0) is 17.4. The van der Waals surface area contributed by atoms with Crippen LogP contribution in [0.1, 0.15) is 74.4 Å². The topological polar surface area (TPSA) is 93.8 Å². The summed E-state index contributed by atoms with van der Waals surface area (Å²) in [4.78, 5) is 34.4. The summed E-state index contributed by atoms with van der Waals surface area (Å²) in [5.74, 6) is -0.658. The van der Waals surface area contributed by atoms with Gasteiger partial charge in [0.25, 0.3) is 0 Å². The van der Waals surface area contributed by atoms with Gasteiger partial charge in [-0.15, -0.1) is 0 Å². The van der Waals surface area contributed by atoms with Gasteiger partial charge in [0.2, 0.25) is 0 Å². The van der Waals surface area contributed by atoms with E-state index in [1.165, 1.54) is 13.2 Å². The second kappa shape index (κ2) is 9.12.